The van der Waals surface area contributed by atoms with Crippen LogP contribution in [-0.2, 0) is 12.8 Å². The van der Waals surface area contributed by atoms with E-state index in [1.54, 1.807) is 55.8 Å². The molecule has 0 aromatic heterocycles. The van der Waals surface area contributed by atoms with Gasteiger partial charge >= 0.3 is 0 Å². The molecule has 0 spiro atoms. The molecule has 220 valence electrons. The predicted molar refractivity (Wildman–Crippen MR) is 189 cm³/mol. The van der Waals surface area contributed by atoms with Gasteiger partial charge < -0.3 is 9.80 Å². The molecule has 0 amide bonds. The molecule has 0 unspecified atom stereocenters. The lowest BCUT2D eigenvalue weighted by Gasteiger charge is -2.55. The number of fused-ring (bicyclic) bond motifs is 8. The fraction of sp³-hybridized carbons (Fsp3) is 0.381. The molecular formula is C42H39BN2. The summed E-state index contributed by atoms with van der Waals surface area (Å²) in [5, 5.41) is 5.78. The summed E-state index contributed by atoms with van der Waals surface area (Å²) in [5.41, 5.74) is 15.8. The Morgan fingerprint density at radius 3 is 1.62 bits per heavy atom. The van der Waals surface area contributed by atoms with Crippen molar-refractivity contribution in [3.05, 3.63) is 89.5 Å². The van der Waals surface area contributed by atoms with Gasteiger partial charge in [-0.2, -0.15) is 0 Å². The van der Waals surface area contributed by atoms with Crippen LogP contribution in [0.1, 0.15) is 67.6 Å². The highest BCUT2D eigenvalue weighted by atomic mass is 15.2. The van der Waals surface area contributed by atoms with Gasteiger partial charge in [0.15, 0.2) is 0 Å². The maximum absolute atomic E-state index is 2.81. The minimum Gasteiger partial charge on any atom is -0.342 e. The molecule has 0 radical (unpaired) electrons. The minimum atomic E-state index is 0.294. The van der Waals surface area contributed by atoms with Crippen LogP contribution >= 0.6 is 0 Å². The Morgan fingerprint density at radius 2 is 1.09 bits per heavy atom. The first-order chi connectivity index (χ1) is 22.3. The van der Waals surface area contributed by atoms with E-state index < -0.39 is 0 Å². The van der Waals surface area contributed by atoms with Gasteiger partial charge in [-0.25, -0.2) is 0 Å². The molecule has 5 aromatic carbocycles. The fourth-order valence-electron chi connectivity index (χ4n) is 12.5. The molecular weight excluding hydrogens is 543 g/mol. The molecule has 5 aromatic rings. The van der Waals surface area contributed by atoms with Crippen LogP contribution in [0.15, 0.2) is 72.8 Å². The monoisotopic (exact) mass is 582 g/mol. The van der Waals surface area contributed by atoms with E-state index in [4.69, 9.17) is 0 Å². The summed E-state index contributed by atoms with van der Waals surface area (Å²) in [6, 6.07) is 29.2. The molecule has 45 heavy (non-hydrogen) atoms. The van der Waals surface area contributed by atoms with Crippen molar-refractivity contribution in [2.75, 3.05) is 22.9 Å². The average molecular weight is 583 g/mol. The highest BCUT2D eigenvalue weighted by Gasteiger charge is 2.51. The predicted octanol–water partition coefficient (Wildman–Crippen LogP) is 7.84. The first-order valence-corrected chi connectivity index (χ1v) is 18.1. The third-order valence-electron chi connectivity index (χ3n) is 13.7. The third-order valence-corrected chi connectivity index (χ3v) is 13.7. The highest BCUT2D eigenvalue weighted by Crippen LogP contribution is 2.60. The summed E-state index contributed by atoms with van der Waals surface area (Å²) in [4.78, 5) is 5.62. The maximum Gasteiger partial charge on any atom is 0.252 e. The molecule has 0 saturated heterocycles. The lowest BCUT2D eigenvalue weighted by Crippen LogP contribution is -2.63. The Morgan fingerprint density at radius 1 is 0.578 bits per heavy atom. The topological polar surface area (TPSA) is 6.48 Å². The molecule has 4 bridgehead atoms. The number of rotatable bonds is 1. The average Bonchev–Trinajstić information content (AvgIpc) is 3.07. The Hall–Kier alpha value is -3.72. The molecule has 13 rings (SSSR count). The molecule has 4 aliphatic carbocycles. The van der Waals surface area contributed by atoms with Crippen molar-refractivity contribution in [2.24, 2.45) is 23.7 Å². The van der Waals surface area contributed by atoms with Crippen LogP contribution in [0, 0.1) is 23.7 Å². The van der Waals surface area contributed by atoms with E-state index in [9.17, 15) is 0 Å². The number of aryl methyl sites for hydroxylation is 2. The maximum atomic E-state index is 2.81. The molecule has 3 heteroatoms. The number of hydrogen-bond acceptors (Lipinski definition) is 2. The van der Waals surface area contributed by atoms with Crippen molar-refractivity contribution < 1.29 is 0 Å². The summed E-state index contributed by atoms with van der Waals surface area (Å²) < 4.78 is 0. The number of anilines is 4. The Labute approximate surface area is 266 Å². The summed E-state index contributed by atoms with van der Waals surface area (Å²) in [6.45, 7) is 2.57. The second-order valence-electron chi connectivity index (χ2n) is 15.9. The van der Waals surface area contributed by atoms with Gasteiger partial charge in [-0.05, 0) is 154 Å². The lowest BCUT2D eigenvalue weighted by atomic mass is 9.32. The van der Waals surface area contributed by atoms with Crippen molar-refractivity contribution in [1.29, 1.82) is 0 Å². The zero-order valence-corrected chi connectivity index (χ0v) is 26.1. The smallest absolute Gasteiger partial charge is 0.252 e. The van der Waals surface area contributed by atoms with Gasteiger partial charge in [0, 0.05) is 35.8 Å². The molecule has 4 aliphatic heterocycles. The number of benzene rings is 5. The van der Waals surface area contributed by atoms with E-state index in [0.29, 0.717) is 6.71 Å². The quantitative estimate of drug-likeness (QED) is 0.186. The molecule has 0 atom stereocenters. The molecule has 8 aliphatic rings. The zero-order valence-electron chi connectivity index (χ0n) is 26.1. The Bertz CT molecular complexity index is 1970. The van der Waals surface area contributed by atoms with E-state index >= 15 is 0 Å². The SMILES string of the molecule is c1ccc2c3c4c(cc2c1)B1c2cc5ccccc5c5c2N(CCC5)c2cc(C5C6CC7CC(C6)CC5C7)cc(c21)N4CCC3. The summed E-state index contributed by atoms with van der Waals surface area (Å²) in [6.07, 6.45) is 12.3. The van der Waals surface area contributed by atoms with Gasteiger partial charge in [0.2, 0.25) is 0 Å². The minimum absolute atomic E-state index is 0.294. The standard InChI is InChI=1S/C42H39BN2/c1-3-9-31-26(7-1)20-35-41-33(31)11-5-13-44(41)37-22-30(39-28-16-24-15-25(18-28)19-29(39)17-24)23-38-40(37)43(35)36-21-27-8-2-4-10-32(27)34-12-6-14-45(38)42(34)36/h1-4,7-10,20-25,28-29,39H,5-6,11-19H2. The van der Waals surface area contributed by atoms with E-state index in [2.05, 4.69) is 82.6 Å². The van der Waals surface area contributed by atoms with E-state index in [1.165, 1.54) is 79.3 Å². The van der Waals surface area contributed by atoms with E-state index in [1.807, 2.05) is 0 Å². The number of nitrogens with zero attached hydrogens (tertiary/aromatic N) is 2. The highest BCUT2D eigenvalue weighted by molar-refractivity contribution is 7.00. The molecule has 0 N–H and O–H groups in total. The molecule has 4 fully saturated rings. The Kier molecular flexibility index (Phi) is 4.66. The van der Waals surface area contributed by atoms with Crippen molar-refractivity contribution in [2.45, 2.75) is 63.7 Å². The van der Waals surface area contributed by atoms with Gasteiger partial charge in [0.1, 0.15) is 0 Å². The van der Waals surface area contributed by atoms with Gasteiger partial charge in [0.25, 0.3) is 6.71 Å². The largest absolute Gasteiger partial charge is 0.342 e. The summed E-state index contributed by atoms with van der Waals surface area (Å²) >= 11 is 0. The second kappa shape index (κ2) is 8.55. The number of hydrogen-bond donors (Lipinski definition) is 0. The van der Waals surface area contributed by atoms with Crippen LogP contribution in [0.3, 0.4) is 0 Å². The van der Waals surface area contributed by atoms with Crippen molar-refractivity contribution in [3.63, 3.8) is 0 Å². The molecule has 4 saturated carbocycles. The second-order valence-corrected chi connectivity index (χ2v) is 15.9. The van der Waals surface area contributed by atoms with Crippen LogP contribution in [0.2, 0.25) is 0 Å². The van der Waals surface area contributed by atoms with Crippen LogP contribution in [0.5, 0.6) is 0 Å². The van der Waals surface area contributed by atoms with Gasteiger partial charge in [-0.3, -0.25) is 0 Å². The van der Waals surface area contributed by atoms with Crippen LogP contribution in [0.25, 0.3) is 21.5 Å². The zero-order chi connectivity index (χ0) is 29.0. The first kappa shape index (κ1) is 24.5. The molecule has 4 heterocycles. The fourth-order valence-corrected chi connectivity index (χ4v) is 12.5. The van der Waals surface area contributed by atoms with Crippen LogP contribution in [0.4, 0.5) is 22.7 Å². The van der Waals surface area contributed by atoms with Gasteiger partial charge in [-0.15, -0.1) is 0 Å². The van der Waals surface area contributed by atoms with Crippen molar-refractivity contribution in [1.82, 2.24) is 0 Å². The van der Waals surface area contributed by atoms with E-state index in [0.717, 1.165) is 42.7 Å². The van der Waals surface area contributed by atoms with Crippen LogP contribution in [-0.4, -0.2) is 19.8 Å². The van der Waals surface area contributed by atoms with Gasteiger partial charge in [-0.1, -0.05) is 60.7 Å². The van der Waals surface area contributed by atoms with Gasteiger partial charge in [0.05, 0.1) is 0 Å². The van der Waals surface area contributed by atoms with Crippen LogP contribution < -0.4 is 26.2 Å². The molecule has 2 nitrogen and oxygen atoms in total. The first-order valence-electron chi connectivity index (χ1n) is 18.1. The van der Waals surface area contributed by atoms with E-state index in [-0.39, 0.29) is 0 Å². The summed E-state index contributed by atoms with van der Waals surface area (Å²) in [7, 11) is 0. The third kappa shape index (κ3) is 3.09. The van der Waals surface area contributed by atoms with Crippen molar-refractivity contribution in [3.8, 4) is 0 Å². The normalized spacial score (nSPS) is 28.0. The summed E-state index contributed by atoms with van der Waals surface area (Å²) in [5.74, 6) is 4.58. The lowest BCUT2D eigenvalue weighted by molar-refractivity contribution is -0.00274. The Balaban J connectivity index is 1.18. The van der Waals surface area contributed by atoms with Crippen molar-refractivity contribution >= 4 is 67.4 Å².